The van der Waals surface area contributed by atoms with E-state index in [4.69, 9.17) is 4.84 Å². The van der Waals surface area contributed by atoms with Crippen LogP contribution < -0.4 is 5.32 Å². The van der Waals surface area contributed by atoms with Crippen molar-refractivity contribution in [3.63, 3.8) is 0 Å². The maximum Gasteiger partial charge on any atom is 0.265 e. The van der Waals surface area contributed by atoms with Crippen LogP contribution in [-0.2, 0) is 9.63 Å². The Labute approximate surface area is 137 Å². The zero-order chi connectivity index (χ0) is 16.7. The van der Waals surface area contributed by atoms with E-state index in [0.29, 0.717) is 5.92 Å². The second-order valence-corrected chi connectivity index (χ2v) is 5.69. The van der Waals surface area contributed by atoms with Crippen LogP contribution in [0, 0.1) is 6.92 Å². The van der Waals surface area contributed by atoms with Crippen molar-refractivity contribution in [1.29, 1.82) is 0 Å². The minimum Gasteiger partial charge on any atom is -0.386 e. The lowest BCUT2D eigenvalue weighted by atomic mass is 10.0. The summed E-state index contributed by atoms with van der Waals surface area (Å²) in [7, 11) is 0. The van der Waals surface area contributed by atoms with Crippen LogP contribution in [0.1, 0.15) is 36.5 Å². The number of nitrogens with zero attached hydrogens (tertiary/aromatic N) is 1. The molecule has 4 heteroatoms. The van der Waals surface area contributed by atoms with Gasteiger partial charge in [0, 0.05) is 5.69 Å². The van der Waals surface area contributed by atoms with Crippen molar-refractivity contribution in [1.82, 2.24) is 0 Å². The minimum absolute atomic E-state index is 0.117. The molecule has 2 aromatic carbocycles. The van der Waals surface area contributed by atoms with Gasteiger partial charge in [-0.15, -0.1) is 0 Å². The largest absolute Gasteiger partial charge is 0.386 e. The fraction of sp³-hybridized carbons (Fsp3) is 0.263. The number of carbonyl (C=O) groups excluding carboxylic acids is 1. The second-order valence-electron chi connectivity index (χ2n) is 5.69. The highest BCUT2D eigenvalue weighted by atomic mass is 16.6. The van der Waals surface area contributed by atoms with Crippen LogP contribution >= 0.6 is 0 Å². The summed E-state index contributed by atoms with van der Waals surface area (Å²) in [4.78, 5) is 16.8. The normalized spacial score (nSPS) is 11.0. The first kappa shape index (κ1) is 16.7. The summed E-state index contributed by atoms with van der Waals surface area (Å²) in [6.07, 6.45) is 1.61. The highest BCUT2D eigenvalue weighted by molar-refractivity contribution is 5.91. The van der Waals surface area contributed by atoms with Gasteiger partial charge >= 0.3 is 0 Å². The van der Waals surface area contributed by atoms with Gasteiger partial charge in [-0.25, -0.2) is 0 Å². The van der Waals surface area contributed by atoms with Crippen LogP contribution in [0.3, 0.4) is 0 Å². The molecular formula is C19H22N2O2. The van der Waals surface area contributed by atoms with Crippen molar-refractivity contribution >= 4 is 17.8 Å². The highest BCUT2D eigenvalue weighted by Crippen LogP contribution is 2.17. The standard InChI is InChI=1S/C19H22N2O2/c1-14(2)16-8-10-18(11-9-16)21-19(22)13-23-20-12-17-7-5-4-6-15(17)3/h4-12,14H,13H2,1-3H3,(H,21,22). The number of carbonyl (C=O) groups is 1. The molecule has 0 fully saturated rings. The van der Waals surface area contributed by atoms with Crippen molar-refractivity contribution in [2.45, 2.75) is 26.7 Å². The first-order valence-corrected chi connectivity index (χ1v) is 7.67. The molecule has 0 radical (unpaired) electrons. The Morgan fingerprint density at radius 2 is 1.87 bits per heavy atom. The molecule has 0 saturated carbocycles. The Hall–Kier alpha value is -2.62. The average Bonchev–Trinajstić information content (AvgIpc) is 2.53. The predicted octanol–water partition coefficient (Wildman–Crippen LogP) is 4.11. The molecule has 1 amide bonds. The lowest BCUT2D eigenvalue weighted by Gasteiger charge is -2.08. The summed E-state index contributed by atoms with van der Waals surface area (Å²) >= 11 is 0. The van der Waals surface area contributed by atoms with E-state index in [1.54, 1.807) is 6.21 Å². The van der Waals surface area contributed by atoms with E-state index in [2.05, 4.69) is 24.3 Å². The smallest absolute Gasteiger partial charge is 0.265 e. The molecule has 0 aromatic heterocycles. The van der Waals surface area contributed by atoms with Crippen LogP contribution in [0.4, 0.5) is 5.69 Å². The Morgan fingerprint density at radius 3 is 2.52 bits per heavy atom. The Balaban J connectivity index is 1.80. The van der Waals surface area contributed by atoms with E-state index in [1.807, 2.05) is 55.5 Å². The summed E-state index contributed by atoms with van der Waals surface area (Å²) in [5.41, 5.74) is 4.07. The maximum absolute atomic E-state index is 11.8. The van der Waals surface area contributed by atoms with Gasteiger partial charge in [-0.2, -0.15) is 0 Å². The molecule has 0 saturated heterocycles. The van der Waals surface area contributed by atoms with Crippen molar-refractivity contribution in [2.75, 3.05) is 11.9 Å². The number of oxime groups is 1. The number of benzene rings is 2. The number of hydrogen-bond donors (Lipinski definition) is 1. The van der Waals surface area contributed by atoms with E-state index >= 15 is 0 Å². The molecule has 0 atom stereocenters. The lowest BCUT2D eigenvalue weighted by molar-refractivity contribution is -0.120. The first-order valence-electron chi connectivity index (χ1n) is 7.67. The molecule has 0 aliphatic rings. The number of hydrogen-bond acceptors (Lipinski definition) is 3. The molecule has 0 heterocycles. The van der Waals surface area contributed by atoms with Gasteiger partial charge in [0.25, 0.3) is 5.91 Å². The van der Waals surface area contributed by atoms with Crippen molar-refractivity contribution < 1.29 is 9.63 Å². The van der Waals surface area contributed by atoms with Gasteiger partial charge in [-0.1, -0.05) is 55.4 Å². The van der Waals surface area contributed by atoms with E-state index in [9.17, 15) is 4.79 Å². The second kappa shape index (κ2) is 8.13. The third-order valence-corrected chi connectivity index (χ3v) is 3.51. The molecule has 2 aromatic rings. The van der Waals surface area contributed by atoms with Gasteiger partial charge in [-0.05, 0) is 41.7 Å². The van der Waals surface area contributed by atoms with Gasteiger partial charge in [0.15, 0.2) is 6.61 Å². The SMILES string of the molecule is Cc1ccccc1C=NOCC(=O)Nc1ccc(C(C)C)cc1. The summed E-state index contributed by atoms with van der Waals surface area (Å²) in [6, 6.07) is 15.6. The lowest BCUT2D eigenvalue weighted by Crippen LogP contribution is -2.17. The van der Waals surface area contributed by atoms with Crippen LogP contribution in [0.25, 0.3) is 0 Å². The van der Waals surface area contributed by atoms with Crippen molar-refractivity contribution in [3.05, 3.63) is 65.2 Å². The Bertz CT molecular complexity index is 676. The first-order chi connectivity index (χ1) is 11.1. The molecule has 120 valence electrons. The molecule has 23 heavy (non-hydrogen) atoms. The molecule has 0 unspecified atom stereocenters. The van der Waals surface area contributed by atoms with Crippen LogP contribution in [0.15, 0.2) is 53.7 Å². The predicted molar refractivity (Wildman–Crippen MR) is 93.9 cm³/mol. The van der Waals surface area contributed by atoms with Gasteiger partial charge in [0.05, 0.1) is 6.21 Å². The highest BCUT2D eigenvalue weighted by Gasteiger charge is 2.04. The van der Waals surface area contributed by atoms with Gasteiger partial charge < -0.3 is 10.2 Å². The summed E-state index contributed by atoms with van der Waals surface area (Å²) in [5, 5.41) is 6.62. The fourth-order valence-corrected chi connectivity index (χ4v) is 2.07. The van der Waals surface area contributed by atoms with Gasteiger partial charge in [0.1, 0.15) is 0 Å². The van der Waals surface area contributed by atoms with Crippen molar-refractivity contribution in [2.24, 2.45) is 5.16 Å². The van der Waals surface area contributed by atoms with E-state index in [1.165, 1.54) is 5.56 Å². The fourth-order valence-electron chi connectivity index (χ4n) is 2.07. The topological polar surface area (TPSA) is 50.7 Å². The van der Waals surface area contributed by atoms with Gasteiger partial charge in [0.2, 0.25) is 0 Å². The van der Waals surface area contributed by atoms with E-state index < -0.39 is 0 Å². The quantitative estimate of drug-likeness (QED) is 0.645. The third kappa shape index (κ3) is 5.25. The summed E-state index contributed by atoms with van der Waals surface area (Å²) in [5.74, 6) is 0.239. The Morgan fingerprint density at radius 1 is 1.17 bits per heavy atom. The van der Waals surface area contributed by atoms with Gasteiger partial charge in [-0.3, -0.25) is 4.79 Å². The minimum atomic E-state index is -0.232. The molecule has 2 rings (SSSR count). The molecule has 1 N–H and O–H groups in total. The van der Waals surface area contributed by atoms with Crippen LogP contribution in [0.2, 0.25) is 0 Å². The average molecular weight is 310 g/mol. The maximum atomic E-state index is 11.8. The molecule has 4 nitrogen and oxygen atoms in total. The number of nitrogens with one attached hydrogen (secondary N) is 1. The monoisotopic (exact) mass is 310 g/mol. The van der Waals surface area contributed by atoms with E-state index in [-0.39, 0.29) is 12.5 Å². The Kier molecular flexibility index (Phi) is 5.92. The zero-order valence-corrected chi connectivity index (χ0v) is 13.7. The van der Waals surface area contributed by atoms with Crippen LogP contribution in [-0.4, -0.2) is 18.7 Å². The molecule has 0 aliphatic heterocycles. The molecule has 0 aliphatic carbocycles. The molecular weight excluding hydrogens is 288 g/mol. The van der Waals surface area contributed by atoms with Crippen LogP contribution in [0.5, 0.6) is 0 Å². The number of amides is 1. The molecule has 0 bridgehead atoms. The number of anilines is 1. The van der Waals surface area contributed by atoms with Crippen molar-refractivity contribution in [3.8, 4) is 0 Å². The van der Waals surface area contributed by atoms with E-state index in [0.717, 1.165) is 16.8 Å². The zero-order valence-electron chi connectivity index (χ0n) is 13.7. The summed E-state index contributed by atoms with van der Waals surface area (Å²) in [6.45, 7) is 6.14. The number of aryl methyl sites for hydroxylation is 1. The molecule has 0 spiro atoms. The number of rotatable bonds is 6. The summed E-state index contributed by atoms with van der Waals surface area (Å²) < 4.78 is 0. The third-order valence-electron chi connectivity index (χ3n) is 3.51.